The summed E-state index contributed by atoms with van der Waals surface area (Å²) < 4.78 is 0. The molecule has 2 aliphatic rings. The molecule has 0 aromatic rings. The van der Waals surface area contributed by atoms with Crippen molar-refractivity contribution in [1.82, 2.24) is 10.2 Å². The van der Waals surface area contributed by atoms with Gasteiger partial charge >= 0.3 is 6.03 Å². The standard InChI is InChI=1S/C13H24N2O/c1-13(2,3)10-4-6-11(7-5-10)15-9-8-14-12(15)16/h10-11H,4-9H2,1-3H3,(H,14,16). The molecular weight excluding hydrogens is 200 g/mol. The van der Waals surface area contributed by atoms with Crippen LogP contribution in [0.25, 0.3) is 0 Å². The van der Waals surface area contributed by atoms with Crippen molar-refractivity contribution in [1.29, 1.82) is 0 Å². The number of rotatable bonds is 1. The molecule has 1 N–H and O–H groups in total. The molecule has 1 aliphatic carbocycles. The van der Waals surface area contributed by atoms with Gasteiger partial charge < -0.3 is 10.2 Å². The lowest BCUT2D eigenvalue weighted by Crippen LogP contribution is -2.41. The average Bonchev–Trinajstić information content (AvgIpc) is 2.63. The SMILES string of the molecule is CC(C)(C)C1CCC(N2CCNC2=O)CC1. The molecule has 0 aromatic heterocycles. The molecule has 16 heavy (non-hydrogen) atoms. The predicted molar refractivity (Wildman–Crippen MR) is 65.3 cm³/mol. The number of carbonyl (C=O) groups excluding carboxylic acids is 1. The third kappa shape index (κ3) is 2.33. The van der Waals surface area contributed by atoms with Crippen molar-refractivity contribution < 1.29 is 4.79 Å². The van der Waals surface area contributed by atoms with Crippen LogP contribution in [0.2, 0.25) is 0 Å². The lowest BCUT2D eigenvalue weighted by molar-refractivity contribution is 0.120. The fraction of sp³-hybridized carbons (Fsp3) is 0.923. The maximum Gasteiger partial charge on any atom is 0.317 e. The first-order valence-corrected chi connectivity index (χ1v) is 6.53. The molecule has 0 aromatic carbocycles. The van der Waals surface area contributed by atoms with Gasteiger partial charge in [-0.3, -0.25) is 0 Å². The van der Waals surface area contributed by atoms with E-state index >= 15 is 0 Å². The molecule has 0 radical (unpaired) electrons. The van der Waals surface area contributed by atoms with Crippen LogP contribution in [-0.4, -0.2) is 30.1 Å². The highest BCUT2D eigenvalue weighted by Gasteiger charge is 2.34. The Balaban J connectivity index is 1.88. The highest BCUT2D eigenvalue weighted by Crippen LogP contribution is 2.39. The van der Waals surface area contributed by atoms with Gasteiger partial charge in [0.05, 0.1) is 0 Å². The van der Waals surface area contributed by atoms with E-state index in [9.17, 15) is 4.79 Å². The zero-order chi connectivity index (χ0) is 11.8. The number of nitrogens with zero attached hydrogens (tertiary/aromatic N) is 1. The van der Waals surface area contributed by atoms with Gasteiger partial charge in [0, 0.05) is 19.1 Å². The van der Waals surface area contributed by atoms with E-state index in [1.165, 1.54) is 25.7 Å². The molecule has 2 amide bonds. The Hall–Kier alpha value is -0.730. The maximum atomic E-state index is 11.6. The molecule has 0 unspecified atom stereocenters. The molecular formula is C13H24N2O. The smallest absolute Gasteiger partial charge is 0.317 e. The van der Waals surface area contributed by atoms with Crippen molar-refractivity contribution in [3.05, 3.63) is 0 Å². The van der Waals surface area contributed by atoms with Gasteiger partial charge in [-0.05, 0) is 37.0 Å². The summed E-state index contributed by atoms with van der Waals surface area (Å²) >= 11 is 0. The van der Waals surface area contributed by atoms with Gasteiger partial charge in [0.2, 0.25) is 0 Å². The molecule has 2 fully saturated rings. The lowest BCUT2D eigenvalue weighted by Gasteiger charge is -2.39. The highest BCUT2D eigenvalue weighted by atomic mass is 16.2. The second-order valence-electron chi connectivity index (χ2n) is 6.30. The zero-order valence-electron chi connectivity index (χ0n) is 10.8. The molecule has 0 spiro atoms. The second-order valence-corrected chi connectivity index (χ2v) is 6.30. The van der Waals surface area contributed by atoms with Crippen molar-refractivity contribution in [2.45, 2.75) is 52.5 Å². The van der Waals surface area contributed by atoms with Gasteiger partial charge in [-0.1, -0.05) is 20.8 Å². The number of carbonyl (C=O) groups is 1. The molecule has 0 atom stereocenters. The predicted octanol–water partition coefficient (Wildman–Crippen LogP) is 2.62. The summed E-state index contributed by atoms with van der Waals surface area (Å²) in [6, 6.07) is 0.653. The van der Waals surface area contributed by atoms with Gasteiger partial charge in [0.25, 0.3) is 0 Å². The molecule has 1 heterocycles. The van der Waals surface area contributed by atoms with Gasteiger partial charge in [0.1, 0.15) is 0 Å². The van der Waals surface area contributed by atoms with E-state index in [0.717, 1.165) is 19.0 Å². The number of amides is 2. The van der Waals surface area contributed by atoms with Crippen LogP contribution in [0.15, 0.2) is 0 Å². The lowest BCUT2D eigenvalue weighted by atomic mass is 9.71. The van der Waals surface area contributed by atoms with Crippen molar-refractivity contribution in [3.8, 4) is 0 Å². The molecule has 2 rings (SSSR count). The average molecular weight is 224 g/mol. The molecule has 0 bridgehead atoms. The number of hydrogen-bond donors (Lipinski definition) is 1. The summed E-state index contributed by atoms with van der Waals surface area (Å²) in [5.74, 6) is 0.828. The van der Waals surface area contributed by atoms with Crippen LogP contribution in [-0.2, 0) is 0 Å². The fourth-order valence-corrected chi connectivity index (χ4v) is 3.09. The van der Waals surface area contributed by atoms with E-state index in [4.69, 9.17) is 0 Å². The largest absolute Gasteiger partial charge is 0.336 e. The first-order chi connectivity index (χ1) is 7.48. The highest BCUT2D eigenvalue weighted by molar-refractivity contribution is 5.76. The summed E-state index contributed by atoms with van der Waals surface area (Å²) in [6.07, 6.45) is 4.93. The van der Waals surface area contributed by atoms with Crippen LogP contribution in [0.3, 0.4) is 0 Å². The van der Waals surface area contributed by atoms with E-state index in [0.29, 0.717) is 11.5 Å². The van der Waals surface area contributed by atoms with Crippen LogP contribution >= 0.6 is 0 Å². The normalized spacial score (nSPS) is 31.7. The minimum atomic E-state index is 0.152. The Kier molecular flexibility index (Phi) is 3.13. The quantitative estimate of drug-likeness (QED) is 0.729. The van der Waals surface area contributed by atoms with Gasteiger partial charge in [0.15, 0.2) is 0 Å². The van der Waals surface area contributed by atoms with E-state index in [-0.39, 0.29) is 6.03 Å². The number of hydrogen-bond acceptors (Lipinski definition) is 1. The molecule has 1 saturated carbocycles. The van der Waals surface area contributed by atoms with Crippen LogP contribution in [0, 0.1) is 11.3 Å². The molecule has 1 saturated heterocycles. The van der Waals surface area contributed by atoms with Crippen LogP contribution in [0.1, 0.15) is 46.5 Å². The first-order valence-electron chi connectivity index (χ1n) is 6.53. The van der Waals surface area contributed by atoms with E-state index in [2.05, 4.69) is 26.1 Å². The Morgan fingerprint density at radius 2 is 1.81 bits per heavy atom. The molecule has 92 valence electrons. The maximum absolute atomic E-state index is 11.6. The third-order valence-electron chi connectivity index (χ3n) is 4.25. The van der Waals surface area contributed by atoms with Crippen LogP contribution < -0.4 is 5.32 Å². The fourth-order valence-electron chi connectivity index (χ4n) is 3.09. The third-order valence-corrected chi connectivity index (χ3v) is 4.25. The van der Waals surface area contributed by atoms with Crippen molar-refractivity contribution in [3.63, 3.8) is 0 Å². The Bertz CT molecular complexity index is 262. The van der Waals surface area contributed by atoms with Crippen molar-refractivity contribution in [2.75, 3.05) is 13.1 Å². The monoisotopic (exact) mass is 224 g/mol. The minimum Gasteiger partial charge on any atom is -0.336 e. The summed E-state index contributed by atoms with van der Waals surface area (Å²) in [5.41, 5.74) is 0.429. The Morgan fingerprint density at radius 3 is 2.25 bits per heavy atom. The Labute approximate surface area is 98.6 Å². The van der Waals surface area contributed by atoms with Crippen molar-refractivity contribution in [2.24, 2.45) is 11.3 Å². The number of nitrogens with one attached hydrogen (secondary N) is 1. The van der Waals surface area contributed by atoms with Crippen LogP contribution in [0.5, 0.6) is 0 Å². The summed E-state index contributed by atoms with van der Waals surface area (Å²) in [6.45, 7) is 8.74. The van der Waals surface area contributed by atoms with Gasteiger partial charge in [-0.25, -0.2) is 4.79 Å². The van der Waals surface area contributed by atoms with Crippen molar-refractivity contribution >= 4 is 6.03 Å². The molecule has 3 heteroatoms. The van der Waals surface area contributed by atoms with Gasteiger partial charge in [-0.2, -0.15) is 0 Å². The van der Waals surface area contributed by atoms with E-state index in [1.54, 1.807) is 0 Å². The summed E-state index contributed by atoms with van der Waals surface area (Å²) in [7, 11) is 0. The summed E-state index contributed by atoms with van der Waals surface area (Å²) in [4.78, 5) is 13.6. The van der Waals surface area contributed by atoms with E-state index < -0.39 is 0 Å². The first kappa shape index (κ1) is 11.7. The van der Waals surface area contributed by atoms with Crippen LogP contribution in [0.4, 0.5) is 4.79 Å². The summed E-state index contributed by atoms with van der Waals surface area (Å²) in [5, 5.41) is 2.90. The number of urea groups is 1. The zero-order valence-corrected chi connectivity index (χ0v) is 10.8. The van der Waals surface area contributed by atoms with E-state index in [1.807, 2.05) is 4.90 Å². The molecule has 3 nitrogen and oxygen atoms in total. The van der Waals surface area contributed by atoms with Gasteiger partial charge in [-0.15, -0.1) is 0 Å². The molecule has 1 aliphatic heterocycles. The topological polar surface area (TPSA) is 32.3 Å². The second kappa shape index (κ2) is 4.27. The Morgan fingerprint density at radius 1 is 1.19 bits per heavy atom. The minimum absolute atomic E-state index is 0.152.